The molecule has 0 bridgehead atoms. The van der Waals surface area contributed by atoms with Gasteiger partial charge in [0.1, 0.15) is 11.4 Å². The molecule has 1 heterocycles. The lowest BCUT2D eigenvalue weighted by atomic mass is 10.0. The number of carboxylic acid groups (broad SMARTS) is 1. The molecule has 0 aliphatic rings. The zero-order valence-electron chi connectivity index (χ0n) is 11.1. The van der Waals surface area contributed by atoms with Crippen LogP contribution < -0.4 is 4.74 Å². The Morgan fingerprint density at radius 1 is 1.33 bits per heavy atom. The first-order chi connectivity index (χ1) is 10.1. The SMILES string of the molecule is COc1ccc(Cl)cc1-c1n[nH]c2cccc(C(=O)O)c12. The summed E-state index contributed by atoms with van der Waals surface area (Å²) in [5, 5.41) is 17.5. The van der Waals surface area contributed by atoms with Crippen molar-refractivity contribution in [3.05, 3.63) is 47.0 Å². The zero-order valence-corrected chi connectivity index (χ0v) is 11.8. The van der Waals surface area contributed by atoms with Crippen molar-refractivity contribution in [3.63, 3.8) is 0 Å². The third-order valence-corrected chi connectivity index (χ3v) is 3.47. The Morgan fingerprint density at radius 3 is 2.86 bits per heavy atom. The van der Waals surface area contributed by atoms with E-state index in [4.69, 9.17) is 16.3 Å². The van der Waals surface area contributed by atoms with Crippen LogP contribution in [0.3, 0.4) is 0 Å². The number of halogens is 1. The summed E-state index contributed by atoms with van der Waals surface area (Å²) in [4.78, 5) is 11.4. The first-order valence-electron chi connectivity index (χ1n) is 6.16. The molecule has 0 radical (unpaired) electrons. The lowest BCUT2D eigenvalue weighted by molar-refractivity contribution is 0.0699. The van der Waals surface area contributed by atoms with Crippen molar-refractivity contribution in [3.8, 4) is 17.0 Å². The number of aromatic amines is 1. The van der Waals surface area contributed by atoms with Gasteiger partial charge in [0, 0.05) is 16.0 Å². The van der Waals surface area contributed by atoms with Crippen molar-refractivity contribution in [2.75, 3.05) is 7.11 Å². The maximum absolute atomic E-state index is 11.4. The maximum atomic E-state index is 11.4. The molecule has 0 saturated heterocycles. The van der Waals surface area contributed by atoms with Gasteiger partial charge in [-0.15, -0.1) is 0 Å². The van der Waals surface area contributed by atoms with Crippen molar-refractivity contribution < 1.29 is 14.6 Å². The van der Waals surface area contributed by atoms with Gasteiger partial charge in [-0.25, -0.2) is 4.79 Å². The number of carboxylic acids is 1. The lowest BCUT2D eigenvalue weighted by Crippen LogP contribution is -1.97. The van der Waals surface area contributed by atoms with E-state index >= 15 is 0 Å². The molecular formula is C15H11ClN2O3. The number of fused-ring (bicyclic) bond motifs is 1. The molecule has 3 rings (SSSR count). The third-order valence-electron chi connectivity index (χ3n) is 3.24. The topological polar surface area (TPSA) is 75.2 Å². The molecule has 0 aliphatic carbocycles. The average molecular weight is 303 g/mol. The standard InChI is InChI=1S/C15H11ClN2O3/c1-21-12-6-5-8(16)7-10(12)14-13-9(15(19)20)3-2-4-11(13)17-18-14/h2-7H,1H3,(H,17,18)(H,19,20). The maximum Gasteiger partial charge on any atom is 0.336 e. The molecule has 3 aromatic rings. The van der Waals surface area contributed by atoms with E-state index < -0.39 is 5.97 Å². The van der Waals surface area contributed by atoms with E-state index in [1.165, 1.54) is 0 Å². The van der Waals surface area contributed by atoms with Crippen LogP contribution in [0.1, 0.15) is 10.4 Å². The molecule has 2 aromatic carbocycles. The molecular weight excluding hydrogens is 292 g/mol. The van der Waals surface area contributed by atoms with Gasteiger partial charge in [0.05, 0.1) is 18.2 Å². The highest BCUT2D eigenvalue weighted by Gasteiger charge is 2.18. The molecule has 0 saturated carbocycles. The van der Waals surface area contributed by atoms with Gasteiger partial charge in [0.25, 0.3) is 0 Å². The minimum Gasteiger partial charge on any atom is -0.496 e. The Hall–Kier alpha value is -2.53. The van der Waals surface area contributed by atoms with Gasteiger partial charge in [-0.05, 0) is 30.3 Å². The molecule has 106 valence electrons. The number of hydrogen-bond acceptors (Lipinski definition) is 3. The molecule has 0 unspecified atom stereocenters. The number of aromatic nitrogens is 2. The van der Waals surface area contributed by atoms with Crippen LogP contribution >= 0.6 is 11.6 Å². The Labute approximate surface area is 125 Å². The number of rotatable bonds is 3. The Kier molecular flexibility index (Phi) is 3.27. The summed E-state index contributed by atoms with van der Waals surface area (Å²) in [6.45, 7) is 0. The van der Waals surface area contributed by atoms with Gasteiger partial charge in [-0.3, -0.25) is 5.10 Å². The van der Waals surface area contributed by atoms with E-state index in [1.54, 1.807) is 43.5 Å². The summed E-state index contributed by atoms with van der Waals surface area (Å²) in [6.07, 6.45) is 0. The van der Waals surface area contributed by atoms with Crippen molar-refractivity contribution in [2.24, 2.45) is 0 Å². The number of H-pyrrole nitrogens is 1. The number of aromatic carboxylic acids is 1. The van der Waals surface area contributed by atoms with Crippen molar-refractivity contribution >= 4 is 28.5 Å². The second kappa shape index (κ2) is 5.10. The fourth-order valence-electron chi connectivity index (χ4n) is 2.31. The van der Waals surface area contributed by atoms with Crippen LogP contribution in [-0.2, 0) is 0 Å². The van der Waals surface area contributed by atoms with Crippen LogP contribution in [0, 0.1) is 0 Å². The number of nitrogens with one attached hydrogen (secondary N) is 1. The van der Waals surface area contributed by atoms with Crippen molar-refractivity contribution in [1.82, 2.24) is 10.2 Å². The van der Waals surface area contributed by atoms with Crippen LogP contribution in [0.15, 0.2) is 36.4 Å². The largest absolute Gasteiger partial charge is 0.496 e. The van der Waals surface area contributed by atoms with E-state index in [0.29, 0.717) is 32.9 Å². The second-order valence-electron chi connectivity index (χ2n) is 4.45. The van der Waals surface area contributed by atoms with Crippen LogP contribution in [0.5, 0.6) is 5.75 Å². The van der Waals surface area contributed by atoms with Gasteiger partial charge in [-0.1, -0.05) is 17.7 Å². The van der Waals surface area contributed by atoms with E-state index in [2.05, 4.69) is 10.2 Å². The van der Waals surface area contributed by atoms with Crippen LogP contribution in [0.2, 0.25) is 5.02 Å². The van der Waals surface area contributed by atoms with Gasteiger partial charge in [-0.2, -0.15) is 5.10 Å². The second-order valence-corrected chi connectivity index (χ2v) is 4.89. The molecule has 6 heteroatoms. The van der Waals surface area contributed by atoms with Crippen LogP contribution in [0.25, 0.3) is 22.2 Å². The quantitative estimate of drug-likeness (QED) is 0.775. The summed E-state index contributed by atoms with van der Waals surface area (Å²) in [6, 6.07) is 10.1. The van der Waals surface area contributed by atoms with Crippen LogP contribution in [0.4, 0.5) is 0 Å². The Balaban J connectivity index is 2.36. The van der Waals surface area contributed by atoms with Gasteiger partial charge >= 0.3 is 5.97 Å². The molecule has 2 N–H and O–H groups in total. The van der Waals surface area contributed by atoms with Crippen molar-refractivity contribution in [1.29, 1.82) is 0 Å². The predicted octanol–water partition coefficient (Wildman–Crippen LogP) is 3.59. The molecule has 21 heavy (non-hydrogen) atoms. The summed E-state index contributed by atoms with van der Waals surface area (Å²) < 4.78 is 5.31. The highest BCUT2D eigenvalue weighted by molar-refractivity contribution is 6.31. The monoisotopic (exact) mass is 302 g/mol. The molecule has 0 aliphatic heterocycles. The lowest BCUT2D eigenvalue weighted by Gasteiger charge is -2.08. The minimum atomic E-state index is -1.01. The van der Waals surface area contributed by atoms with E-state index in [1.807, 2.05) is 0 Å². The number of methoxy groups -OCH3 is 1. The van der Waals surface area contributed by atoms with Gasteiger partial charge in [0.2, 0.25) is 0 Å². The molecule has 1 aromatic heterocycles. The minimum absolute atomic E-state index is 0.179. The Bertz CT molecular complexity index is 842. The smallest absolute Gasteiger partial charge is 0.336 e. The molecule has 0 amide bonds. The first-order valence-corrected chi connectivity index (χ1v) is 6.54. The van der Waals surface area contributed by atoms with E-state index in [0.717, 1.165) is 0 Å². The summed E-state index contributed by atoms with van der Waals surface area (Å²) >= 11 is 6.03. The third kappa shape index (κ3) is 2.21. The summed E-state index contributed by atoms with van der Waals surface area (Å²) in [5.41, 5.74) is 1.97. The van der Waals surface area contributed by atoms with E-state index in [-0.39, 0.29) is 5.56 Å². The molecule has 0 atom stereocenters. The first kappa shape index (κ1) is 13.5. The summed E-state index contributed by atoms with van der Waals surface area (Å²) in [7, 11) is 1.54. The zero-order chi connectivity index (χ0) is 15.0. The highest BCUT2D eigenvalue weighted by Crippen LogP contribution is 2.36. The number of ether oxygens (including phenoxy) is 1. The number of hydrogen-bond donors (Lipinski definition) is 2. The van der Waals surface area contributed by atoms with Crippen molar-refractivity contribution in [2.45, 2.75) is 0 Å². The summed E-state index contributed by atoms with van der Waals surface area (Å²) in [5.74, 6) is -0.433. The fourth-order valence-corrected chi connectivity index (χ4v) is 2.48. The average Bonchev–Trinajstić information content (AvgIpc) is 2.90. The van der Waals surface area contributed by atoms with Gasteiger partial charge < -0.3 is 9.84 Å². The number of benzene rings is 2. The van der Waals surface area contributed by atoms with Gasteiger partial charge in [0.15, 0.2) is 0 Å². The number of carbonyl (C=O) groups is 1. The van der Waals surface area contributed by atoms with Crippen LogP contribution in [-0.4, -0.2) is 28.4 Å². The fraction of sp³-hybridized carbons (Fsp3) is 0.0667. The highest BCUT2D eigenvalue weighted by atomic mass is 35.5. The predicted molar refractivity (Wildman–Crippen MR) is 80.1 cm³/mol. The molecule has 0 fully saturated rings. The number of nitrogens with zero attached hydrogens (tertiary/aromatic N) is 1. The molecule has 0 spiro atoms. The molecule has 5 nitrogen and oxygen atoms in total. The normalized spacial score (nSPS) is 10.8. The van der Waals surface area contributed by atoms with E-state index in [9.17, 15) is 9.90 Å². The Morgan fingerprint density at radius 2 is 2.14 bits per heavy atom.